The fraction of sp³-hybridized carbons (Fsp3) is 0.462. The zero-order valence-electron chi connectivity index (χ0n) is 19.0. The normalized spacial score (nSPS) is 23.4. The van der Waals surface area contributed by atoms with E-state index in [1.165, 1.54) is 29.1 Å². The molecule has 31 heavy (non-hydrogen) atoms. The molecule has 162 valence electrons. The lowest BCUT2D eigenvalue weighted by atomic mass is 9.90. The zero-order valence-corrected chi connectivity index (χ0v) is 19.0. The van der Waals surface area contributed by atoms with E-state index in [-0.39, 0.29) is 0 Å². The average molecular weight is 416 g/mol. The average Bonchev–Trinajstić information content (AvgIpc) is 3.14. The largest absolute Gasteiger partial charge is 0.306 e. The van der Waals surface area contributed by atoms with Crippen LogP contribution in [0, 0.1) is 6.92 Å². The van der Waals surface area contributed by atoms with Crippen molar-refractivity contribution in [2.45, 2.75) is 51.1 Å². The Labute approximate surface area is 185 Å². The van der Waals surface area contributed by atoms with Crippen LogP contribution in [0.1, 0.15) is 66.8 Å². The number of fused-ring (bicyclic) bond motifs is 1. The van der Waals surface area contributed by atoms with Crippen molar-refractivity contribution in [3.63, 3.8) is 0 Å². The maximum atomic E-state index is 5.16. The number of piperidine rings is 2. The third-order valence-corrected chi connectivity index (χ3v) is 7.19. The molecule has 0 radical (unpaired) electrons. The van der Waals surface area contributed by atoms with E-state index in [4.69, 9.17) is 9.97 Å². The van der Waals surface area contributed by atoms with Crippen molar-refractivity contribution in [1.82, 2.24) is 24.2 Å². The highest BCUT2D eigenvalue weighted by Crippen LogP contribution is 2.41. The van der Waals surface area contributed by atoms with Crippen molar-refractivity contribution in [3.05, 3.63) is 70.9 Å². The maximum absolute atomic E-state index is 5.16. The molecule has 2 aliphatic heterocycles. The molecule has 2 saturated heterocycles. The van der Waals surface area contributed by atoms with Gasteiger partial charge in [0.15, 0.2) is 0 Å². The van der Waals surface area contributed by atoms with E-state index in [0.717, 1.165) is 44.4 Å². The van der Waals surface area contributed by atoms with Gasteiger partial charge in [-0.2, -0.15) is 0 Å². The summed E-state index contributed by atoms with van der Waals surface area (Å²) in [5.74, 6) is 0. The van der Waals surface area contributed by atoms with Crippen LogP contribution in [0.25, 0.3) is 11.7 Å². The Kier molecular flexibility index (Phi) is 5.63. The molecular weight excluding hydrogens is 382 g/mol. The molecule has 0 aromatic carbocycles. The minimum Gasteiger partial charge on any atom is -0.306 e. The predicted octanol–water partition coefficient (Wildman–Crippen LogP) is 5.04. The van der Waals surface area contributed by atoms with E-state index < -0.39 is 0 Å². The summed E-state index contributed by atoms with van der Waals surface area (Å²) in [4.78, 5) is 14.9. The Morgan fingerprint density at radius 3 is 2.52 bits per heavy atom. The molecule has 0 aliphatic carbocycles. The van der Waals surface area contributed by atoms with Crippen molar-refractivity contribution in [2.75, 3.05) is 27.2 Å². The summed E-state index contributed by atoms with van der Waals surface area (Å²) in [5.41, 5.74) is 7.57. The van der Waals surface area contributed by atoms with Gasteiger partial charge in [0.25, 0.3) is 0 Å². The lowest BCUT2D eigenvalue weighted by molar-refractivity contribution is 0.109. The second-order valence-corrected chi connectivity index (χ2v) is 9.25. The summed E-state index contributed by atoms with van der Waals surface area (Å²) in [6.07, 6.45) is 12.3. The van der Waals surface area contributed by atoms with E-state index in [1.54, 1.807) is 5.57 Å². The van der Waals surface area contributed by atoms with Crippen molar-refractivity contribution < 1.29 is 0 Å². The summed E-state index contributed by atoms with van der Waals surface area (Å²) in [7, 11) is 4.48. The smallest absolute Gasteiger partial charge is 0.137 e. The van der Waals surface area contributed by atoms with E-state index in [9.17, 15) is 0 Å². The first-order chi connectivity index (χ1) is 15.1. The molecule has 2 fully saturated rings. The van der Waals surface area contributed by atoms with E-state index in [0.29, 0.717) is 12.1 Å². The quantitative estimate of drug-likeness (QED) is 0.600. The number of aromatic nitrogens is 3. The van der Waals surface area contributed by atoms with Gasteiger partial charge in [-0.3, -0.25) is 14.3 Å². The van der Waals surface area contributed by atoms with Gasteiger partial charge in [0.1, 0.15) is 5.65 Å². The monoisotopic (exact) mass is 415 g/mol. The van der Waals surface area contributed by atoms with Crippen LogP contribution < -0.4 is 0 Å². The number of rotatable bonds is 3. The number of likely N-dealkylation sites (tertiary alicyclic amines) is 2. The molecule has 0 saturated carbocycles. The number of pyridine rings is 2. The first-order valence-electron chi connectivity index (χ1n) is 11.6. The van der Waals surface area contributed by atoms with Gasteiger partial charge in [0.05, 0.1) is 29.2 Å². The molecule has 3 aromatic rings. The second-order valence-electron chi connectivity index (χ2n) is 9.25. The van der Waals surface area contributed by atoms with Crippen molar-refractivity contribution in [2.24, 2.45) is 0 Å². The van der Waals surface area contributed by atoms with Crippen LogP contribution in [-0.4, -0.2) is 51.4 Å². The van der Waals surface area contributed by atoms with Crippen LogP contribution >= 0.6 is 0 Å². The van der Waals surface area contributed by atoms with Gasteiger partial charge in [-0.1, -0.05) is 17.7 Å². The Morgan fingerprint density at radius 1 is 0.968 bits per heavy atom. The van der Waals surface area contributed by atoms with Gasteiger partial charge < -0.3 is 4.90 Å². The number of imidazole rings is 1. The summed E-state index contributed by atoms with van der Waals surface area (Å²) >= 11 is 0. The Hall–Kier alpha value is -2.50. The van der Waals surface area contributed by atoms with Gasteiger partial charge in [-0.25, -0.2) is 4.98 Å². The van der Waals surface area contributed by atoms with Crippen LogP contribution in [0.4, 0.5) is 0 Å². The third kappa shape index (κ3) is 3.92. The number of nitrogens with zero attached hydrogens (tertiary/aromatic N) is 5. The third-order valence-electron chi connectivity index (χ3n) is 7.19. The molecule has 1 unspecified atom stereocenters. The van der Waals surface area contributed by atoms with Gasteiger partial charge in [-0.05, 0) is 83.0 Å². The highest BCUT2D eigenvalue weighted by Gasteiger charge is 2.34. The van der Waals surface area contributed by atoms with Gasteiger partial charge in [0.2, 0.25) is 0 Å². The zero-order chi connectivity index (χ0) is 21.4. The molecule has 5 nitrogen and oxygen atoms in total. The molecule has 3 aromatic heterocycles. The molecule has 0 N–H and O–H groups in total. The molecule has 5 heteroatoms. The number of hydrogen-bond acceptors (Lipinski definition) is 4. The van der Waals surface area contributed by atoms with Gasteiger partial charge in [0, 0.05) is 25.5 Å². The Bertz CT molecular complexity index is 1090. The maximum Gasteiger partial charge on any atom is 0.137 e. The van der Waals surface area contributed by atoms with Crippen LogP contribution in [-0.2, 0) is 0 Å². The molecule has 5 rings (SSSR count). The molecule has 2 aliphatic rings. The first kappa shape index (κ1) is 20.4. The molecule has 5 heterocycles. The van der Waals surface area contributed by atoms with Gasteiger partial charge in [-0.15, -0.1) is 0 Å². The first-order valence-corrected chi connectivity index (χ1v) is 11.6. The van der Waals surface area contributed by atoms with Crippen LogP contribution in [0.2, 0.25) is 0 Å². The second kappa shape index (κ2) is 8.56. The molecule has 0 spiro atoms. The Morgan fingerprint density at radius 2 is 1.74 bits per heavy atom. The Balaban J connectivity index is 1.55. The van der Waals surface area contributed by atoms with E-state index in [2.05, 4.69) is 71.8 Å². The van der Waals surface area contributed by atoms with Crippen molar-refractivity contribution in [3.8, 4) is 0 Å². The number of hydrogen-bond donors (Lipinski definition) is 0. The van der Waals surface area contributed by atoms with Crippen molar-refractivity contribution >= 4 is 11.7 Å². The highest BCUT2D eigenvalue weighted by atomic mass is 15.2. The van der Waals surface area contributed by atoms with Crippen LogP contribution in [0.15, 0.2) is 48.3 Å². The van der Waals surface area contributed by atoms with E-state index >= 15 is 0 Å². The van der Waals surface area contributed by atoms with E-state index in [1.807, 2.05) is 12.3 Å². The number of aryl methyl sites for hydroxylation is 1. The molecule has 2 atom stereocenters. The summed E-state index contributed by atoms with van der Waals surface area (Å²) in [5, 5.41) is 0. The minimum atomic E-state index is 0.304. The van der Waals surface area contributed by atoms with Crippen LogP contribution in [0.3, 0.4) is 0 Å². The van der Waals surface area contributed by atoms with Crippen LogP contribution in [0.5, 0.6) is 0 Å². The fourth-order valence-electron chi connectivity index (χ4n) is 5.30. The lowest BCUT2D eigenvalue weighted by Crippen LogP contribution is -2.34. The molecule has 0 bridgehead atoms. The molecular formula is C26H33N5. The summed E-state index contributed by atoms with van der Waals surface area (Å²) < 4.78 is 2.28. The predicted molar refractivity (Wildman–Crippen MR) is 126 cm³/mol. The minimum absolute atomic E-state index is 0.304. The highest BCUT2D eigenvalue weighted by molar-refractivity contribution is 5.59. The standard InChI is InChI=1S/C26H33N5/c1-19-8-7-14-27-25(19)21-9-6-10-22(30(21)3)26-23(18-20-12-16-29(2)17-13-20)31-15-5-4-11-24(31)28-26/h4-5,7-8,11,14-15,18,21-22H,6,9-10,12-13,16-17H2,1-3H3/t21-,22?/m0/s1. The summed E-state index contributed by atoms with van der Waals surface area (Å²) in [6, 6.07) is 11.2. The molecule has 0 amide bonds. The fourth-order valence-corrected chi connectivity index (χ4v) is 5.30. The lowest BCUT2D eigenvalue weighted by Gasteiger charge is -2.39. The van der Waals surface area contributed by atoms with Gasteiger partial charge >= 0.3 is 0 Å². The van der Waals surface area contributed by atoms with Crippen molar-refractivity contribution in [1.29, 1.82) is 0 Å². The topological polar surface area (TPSA) is 36.7 Å². The summed E-state index contributed by atoms with van der Waals surface area (Å²) in [6.45, 7) is 4.46. The SMILES string of the molecule is Cc1cccnc1[C@@H]1CCCC(c2nc3ccccn3c2C=C2CCN(C)CC2)N1C.